The number of amides is 1. The molecule has 0 spiro atoms. The molecule has 0 saturated carbocycles. The van der Waals surface area contributed by atoms with Gasteiger partial charge in [0.15, 0.2) is 0 Å². The summed E-state index contributed by atoms with van der Waals surface area (Å²) in [5.74, 6) is -0.170. The van der Waals surface area contributed by atoms with Gasteiger partial charge in [-0.25, -0.2) is 0 Å². The van der Waals surface area contributed by atoms with E-state index >= 15 is 0 Å². The van der Waals surface area contributed by atoms with E-state index in [-0.39, 0.29) is 12.5 Å². The van der Waals surface area contributed by atoms with E-state index in [1.54, 1.807) is 18.3 Å². The van der Waals surface area contributed by atoms with Crippen LogP contribution in [0.25, 0.3) is 0 Å². The molecule has 1 aromatic heterocycles. The molecule has 0 aliphatic carbocycles. The average molecular weight is 250 g/mol. The van der Waals surface area contributed by atoms with Crippen LogP contribution in [0, 0.1) is 6.92 Å². The second-order valence-electron chi connectivity index (χ2n) is 4.69. The number of ether oxygens (including phenoxy) is 1. The van der Waals surface area contributed by atoms with Gasteiger partial charge >= 0.3 is 0 Å². The van der Waals surface area contributed by atoms with E-state index in [0.717, 1.165) is 5.69 Å². The number of hydrogen-bond acceptors (Lipinski definition) is 4. The highest BCUT2D eigenvalue weighted by Crippen LogP contribution is 2.20. The maximum Gasteiger partial charge on any atom is 0.251 e. The normalized spacial score (nSPS) is 18.3. The van der Waals surface area contributed by atoms with Crippen molar-refractivity contribution in [3.05, 3.63) is 29.6 Å². The van der Waals surface area contributed by atoms with Crippen molar-refractivity contribution >= 4 is 5.91 Å². The number of aliphatic hydroxyl groups excluding tert-OH is 1. The number of rotatable bonds is 3. The first-order chi connectivity index (χ1) is 8.65. The van der Waals surface area contributed by atoms with Gasteiger partial charge in [0.05, 0.1) is 12.1 Å². The van der Waals surface area contributed by atoms with Gasteiger partial charge in [-0.05, 0) is 31.9 Å². The summed E-state index contributed by atoms with van der Waals surface area (Å²) in [5.41, 5.74) is 0.821. The number of nitrogens with one attached hydrogen (secondary N) is 1. The van der Waals surface area contributed by atoms with Crippen molar-refractivity contribution in [2.45, 2.75) is 25.3 Å². The van der Waals surface area contributed by atoms with Gasteiger partial charge in [0.1, 0.15) is 0 Å². The number of hydrogen-bond donors (Lipinski definition) is 2. The Morgan fingerprint density at radius 1 is 1.56 bits per heavy atom. The fourth-order valence-corrected chi connectivity index (χ4v) is 2.08. The number of pyridine rings is 1. The Kier molecular flexibility index (Phi) is 3.93. The fraction of sp³-hybridized carbons (Fsp3) is 0.538. The van der Waals surface area contributed by atoms with Crippen LogP contribution < -0.4 is 5.32 Å². The molecule has 0 unspecified atom stereocenters. The van der Waals surface area contributed by atoms with Crippen molar-refractivity contribution in [2.75, 3.05) is 19.8 Å². The molecule has 5 nitrogen and oxygen atoms in total. The Labute approximate surface area is 106 Å². The lowest BCUT2D eigenvalue weighted by atomic mass is 9.90. The lowest BCUT2D eigenvalue weighted by Crippen LogP contribution is -2.54. The summed E-state index contributed by atoms with van der Waals surface area (Å²) in [6, 6.07) is 3.41. The molecular formula is C13H18N2O3. The van der Waals surface area contributed by atoms with E-state index < -0.39 is 5.54 Å². The first-order valence-corrected chi connectivity index (χ1v) is 6.09. The molecule has 2 rings (SSSR count). The summed E-state index contributed by atoms with van der Waals surface area (Å²) < 4.78 is 5.26. The van der Waals surface area contributed by atoms with Gasteiger partial charge in [-0.1, -0.05) is 0 Å². The van der Waals surface area contributed by atoms with Crippen LogP contribution in [0.5, 0.6) is 0 Å². The minimum atomic E-state index is -0.549. The summed E-state index contributed by atoms with van der Waals surface area (Å²) in [6.07, 6.45) is 2.89. The predicted molar refractivity (Wildman–Crippen MR) is 66.3 cm³/mol. The molecule has 1 aliphatic heterocycles. The molecule has 2 N–H and O–H groups in total. The standard InChI is InChI=1S/C13H18N2O3/c1-10-8-11(2-5-14-10)12(17)15-13(9-16)3-6-18-7-4-13/h2,5,8,16H,3-4,6-7,9H2,1H3,(H,15,17). The lowest BCUT2D eigenvalue weighted by Gasteiger charge is -2.36. The molecule has 0 bridgehead atoms. The highest BCUT2D eigenvalue weighted by atomic mass is 16.5. The van der Waals surface area contributed by atoms with Crippen molar-refractivity contribution in [3.8, 4) is 0 Å². The van der Waals surface area contributed by atoms with Crippen LogP contribution in [-0.2, 0) is 4.74 Å². The Hall–Kier alpha value is -1.46. The molecular weight excluding hydrogens is 232 g/mol. The largest absolute Gasteiger partial charge is 0.394 e. The monoisotopic (exact) mass is 250 g/mol. The van der Waals surface area contributed by atoms with Crippen LogP contribution in [0.15, 0.2) is 18.3 Å². The second-order valence-corrected chi connectivity index (χ2v) is 4.69. The maximum atomic E-state index is 12.1. The summed E-state index contributed by atoms with van der Waals surface area (Å²) in [7, 11) is 0. The first kappa shape index (κ1) is 13.0. The third-order valence-corrected chi connectivity index (χ3v) is 3.29. The van der Waals surface area contributed by atoms with Crippen LogP contribution in [0.4, 0.5) is 0 Å². The van der Waals surface area contributed by atoms with E-state index in [0.29, 0.717) is 31.6 Å². The summed E-state index contributed by atoms with van der Waals surface area (Å²) in [4.78, 5) is 16.2. The molecule has 1 amide bonds. The van der Waals surface area contributed by atoms with E-state index in [1.165, 1.54) is 0 Å². The van der Waals surface area contributed by atoms with Crippen LogP contribution in [0.1, 0.15) is 28.9 Å². The highest BCUT2D eigenvalue weighted by molar-refractivity contribution is 5.94. The van der Waals surface area contributed by atoms with Crippen molar-refractivity contribution < 1.29 is 14.6 Å². The van der Waals surface area contributed by atoms with Crippen LogP contribution in [0.2, 0.25) is 0 Å². The van der Waals surface area contributed by atoms with Gasteiger partial charge < -0.3 is 15.2 Å². The minimum absolute atomic E-state index is 0.0633. The van der Waals surface area contributed by atoms with Gasteiger partial charge in [0.2, 0.25) is 0 Å². The topological polar surface area (TPSA) is 71.5 Å². The average Bonchev–Trinajstić information content (AvgIpc) is 2.40. The van der Waals surface area contributed by atoms with Gasteiger partial charge in [0, 0.05) is 30.7 Å². The zero-order chi connectivity index (χ0) is 13.0. The fourth-order valence-electron chi connectivity index (χ4n) is 2.08. The third-order valence-electron chi connectivity index (χ3n) is 3.29. The SMILES string of the molecule is Cc1cc(C(=O)NC2(CO)CCOCC2)ccn1. The molecule has 2 heterocycles. The van der Waals surface area contributed by atoms with E-state index in [4.69, 9.17) is 4.74 Å². The number of aryl methyl sites for hydroxylation is 1. The molecule has 98 valence electrons. The van der Waals surface area contributed by atoms with E-state index in [2.05, 4.69) is 10.3 Å². The molecule has 0 radical (unpaired) electrons. The van der Waals surface area contributed by atoms with Crippen LogP contribution in [-0.4, -0.2) is 41.4 Å². The number of nitrogens with zero attached hydrogens (tertiary/aromatic N) is 1. The molecule has 0 atom stereocenters. The zero-order valence-corrected chi connectivity index (χ0v) is 10.5. The Bertz CT molecular complexity index is 428. The summed E-state index contributed by atoms with van der Waals surface area (Å²) >= 11 is 0. The summed E-state index contributed by atoms with van der Waals surface area (Å²) in [5, 5.41) is 12.4. The molecule has 1 fully saturated rings. The quantitative estimate of drug-likeness (QED) is 0.826. The predicted octanol–water partition coefficient (Wildman–Crippen LogP) is 0.661. The smallest absolute Gasteiger partial charge is 0.251 e. The molecule has 5 heteroatoms. The Morgan fingerprint density at radius 2 is 2.28 bits per heavy atom. The first-order valence-electron chi connectivity index (χ1n) is 6.09. The van der Waals surface area contributed by atoms with Crippen LogP contribution >= 0.6 is 0 Å². The molecule has 0 aromatic carbocycles. The zero-order valence-electron chi connectivity index (χ0n) is 10.5. The third kappa shape index (κ3) is 2.86. The highest BCUT2D eigenvalue weighted by Gasteiger charge is 2.33. The molecule has 18 heavy (non-hydrogen) atoms. The number of aromatic nitrogens is 1. The Balaban J connectivity index is 2.10. The maximum absolute atomic E-state index is 12.1. The minimum Gasteiger partial charge on any atom is -0.394 e. The van der Waals surface area contributed by atoms with E-state index in [9.17, 15) is 9.90 Å². The van der Waals surface area contributed by atoms with Crippen molar-refractivity contribution in [1.82, 2.24) is 10.3 Å². The summed E-state index contributed by atoms with van der Waals surface area (Å²) in [6.45, 7) is 2.91. The van der Waals surface area contributed by atoms with Gasteiger partial charge in [-0.2, -0.15) is 0 Å². The van der Waals surface area contributed by atoms with Crippen molar-refractivity contribution in [3.63, 3.8) is 0 Å². The number of carbonyl (C=O) groups is 1. The van der Waals surface area contributed by atoms with Crippen LogP contribution in [0.3, 0.4) is 0 Å². The Morgan fingerprint density at radius 3 is 2.89 bits per heavy atom. The van der Waals surface area contributed by atoms with E-state index in [1.807, 2.05) is 6.92 Å². The molecule has 1 saturated heterocycles. The van der Waals surface area contributed by atoms with Gasteiger partial charge in [-0.15, -0.1) is 0 Å². The lowest BCUT2D eigenvalue weighted by molar-refractivity contribution is 0.0125. The van der Waals surface area contributed by atoms with Gasteiger partial charge in [-0.3, -0.25) is 9.78 Å². The molecule has 1 aromatic rings. The second kappa shape index (κ2) is 5.46. The number of carbonyl (C=O) groups excluding carboxylic acids is 1. The van der Waals surface area contributed by atoms with Crippen molar-refractivity contribution in [1.29, 1.82) is 0 Å². The number of aliphatic hydroxyl groups is 1. The van der Waals surface area contributed by atoms with Gasteiger partial charge in [0.25, 0.3) is 5.91 Å². The molecule has 1 aliphatic rings. The van der Waals surface area contributed by atoms with Crippen molar-refractivity contribution in [2.24, 2.45) is 0 Å².